The lowest BCUT2D eigenvalue weighted by molar-refractivity contribution is -0.323. The first-order valence-electron chi connectivity index (χ1n) is 25.8. The predicted octanol–water partition coefficient (Wildman–Crippen LogP) is -1.86. The molecule has 0 amide bonds. The van der Waals surface area contributed by atoms with Crippen LogP contribution in [0, 0.1) is 17.8 Å². The van der Waals surface area contributed by atoms with Gasteiger partial charge in [-0.15, -0.1) is 0 Å². The minimum Gasteiger partial charge on any atom is -0.481 e. The second-order valence-electron chi connectivity index (χ2n) is 20.6. The van der Waals surface area contributed by atoms with Gasteiger partial charge in [0, 0.05) is 37.5 Å². The normalized spacial score (nSPS) is 46.8. The summed E-state index contributed by atoms with van der Waals surface area (Å²) in [5.74, 6) is -9.65. The topological polar surface area (TPSA) is 396 Å². The summed E-state index contributed by atoms with van der Waals surface area (Å²) in [6.45, 7) is 5.38. The number of carboxylic acid groups (broad SMARTS) is 1. The van der Waals surface area contributed by atoms with E-state index in [2.05, 4.69) is 5.32 Å². The maximum Gasteiger partial charge on any atom is 0.311 e. The number of aliphatic carboxylic acids is 1. The first kappa shape index (κ1) is 64.9. The number of fused-ring (bicyclic) bond motifs is 2. The van der Waals surface area contributed by atoms with Crippen LogP contribution in [-0.2, 0) is 33.3 Å². The molecule has 0 aromatic rings. The summed E-state index contributed by atoms with van der Waals surface area (Å²) < 4.78 is 28.7. The van der Waals surface area contributed by atoms with Gasteiger partial charge < -0.3 is 106 Å². The summed E-state index contributed by atoms with van der Waals surface area (Å²) in [7, 11) is 0. The zero-order valence-electron chi connectivity index (χ0n) is 43.3. The van der Waals surface area contributed by atoms with Crippen molar-refractivity contribution in [3.63, 3.8) is 0 Å². The van der Waals surface area contributed by atoms with E-state index in [0.29, 0.717) is 0 Å². The average Bonchev–Trinajstić information content (AvgIpc) is 3.33. The average molecular weight is 1090 g/mol. The van der Waals surface area contributed by atoms with E-state index in [1.165, 1.54) is 19.1 Å². The summed E-state index contributed by atoms with van der Waals surface area (Å²) >= 11 is 0. The molecule has 4 heterocycles. The highest BCUT2D eigenvalue weighted by molar-refractivity contribution is 5.71. The molecular formula is C53H83NO22. The van der Waals surface area contributed by atoms with Gasteiger partial charge in [-0.2, -0.15) is 0 Å². The van der Waals surface area contributed by atoms with Gasteiger partial charge in [0.15, 0.2) is 12.1 Å². The molecule has 0 aromatic heterocycles. The number of carboxylic acids is 1. The van der Waals surface area contributed by atoms with E-state index >= 15 is 0 Å². The largest absolute Gasteiger partial charge is 0.481 e. The third-order valence-corrected chi connectivity index (χ3v) is 14.2. The SMILES string of the molecule is C[C@@H]1[C@H](O)[C@@H](C)/C=C/C=C/C=C/C=C/C=C/C=C/C=C/[C@H](O[C@@H]2O[C@H](C)[C@@H](O)[C@H](NCC3(O)OC[C@@H](O)[C@H](O)[C@H]3O)[C@@H]2O)C[C@@H]2O[C@](O)(C[C@@H](O)C[C@@H](O)[C@H](O)CC[C@@H](O)C[C@@H](O)CC(=O)O[C@H]1C)C[C@H](O)[C@H]2C(=O)O. The summed E-state index contributed by atoms with van der Waals surface area (Å²) in [6, 6.07) is -1.36. The van der Waals surface area contributed by atoms with E-state index in [-0.39, 0.29) is 25.2 Å². The number of aliphatic hydroxyl groups excluding tert-OH is 12. The van der Waals surface area contributed by atoms with Crippen LogP contribution in [0.2, 0.25) is 0 Å². The van der Waals surface area contributed by atoms with E-state index < -0.39 is 191 Å². The quantitative estimate of drug-likeness (QED) is 0.130. The first-order valence-corrected chi connectivity index (χ1v) is 25.8. The molecule has 23 heteroatoms. The Kier molecular flexibility index (Phi) is 26.2. The van der Waals surface area contributed by atoms with Gasteiger partial charge in [-0.1, -0.05) is 98.9 Å². The molecule has 0 spiro atoms. The first-order chi connectivity index (χ1) is 35.7. The molecule has 3 fully saturated rings. The van der Waals surface area contributed by atoms with Crippen molar-refractivity contribution in [1.82, 2.24) is 5.32 Å². The molecule has 4 aliphatic rings. The van der Waals surface area contributed by atoms with Crippen LogP contribution in [0.3, 0.4) is 0 Å². The lowest BCUT2D eigenvalue weighted by Gasteiger charge is -2.46. The molecule has 432 valence electrons. The number of allylic oxidation sites excluding steroid dienone is 12. The van der Waals surface area contributed by atoms with Crippen LogP contribution in [-0.4, -0.2) is 223 Å². The number of rotatable bonds is 6. The summed E-state index contributed by atoms with van der Waals surface area (Å²) in [5.41, 5.74) is 0. The molecule has 16 N–H and O–H groups in total. The van der Waals surface area contributed by atoms with Crippen molar-refractivity contribution in [1.29, 1.82) is 0 Å². The van der Waals surface area contributed by atoms with Gasteiger partial charge in [0.1, 0.15) is 36.4 Å². The molecule has 4 rings (SSSR count). The number of carbonyl (C=O) groups excluding carboxylic acids is 1. The van der Waals surface area contributed by atoms with E-state index in [9.17, 15) is 86.2 Å². The Hall–Kier alpha value is -3.64. The zero-order valence-corrected chi connectivity index (χ0v) is 43.3. The van der Waals surface area contributed by atoms with Crippen molar-refractivity contribution in [2.45, 2.75) is 201 Å². The number of hydrogen-bond donors (Lipinski definition) is 16. The Morgan fingerprint density at radius 3 is 1.84 bits per heavy atom. The fraction of sp³-hybridized carbons (Fsp3) is 0.698. The molecule has 1 unspecified atom stereocenters. The molecule has 76 heavy (non-hydrogen) atoms. The Morgan fingerprint density at radius 1 is 0.645 bits per heavy atom. The lowest BCUT2D eigenvalue weighted by Crippen LogP contribution is -2.69. The maximum atomic E-state index is 12.7. The third kappa shape index (κ3) is 19.6. The van der Waals surface area contributed by atoms with E-state index in [0.717, 1.165) is 0 Å². The minimum atomic E-state index is -2.47. The van der Waals surface area contributed by atoms with Crippen LogP contribution < -0.4 is 5.32 Å². The van der Waals surface area contributed by atoms with Gasteiger partial charge in [0.05, 0.1) is 92.8 Å². The van der Waals surface area contributed by atoms with Gasteiger partial charge in [0.25, 0.3) is 0 Å². The van der Waals surface area contributed by atoms with Crippen LogP contribution in [0.1, 0.15) is 79.1 Å². The molecule has 0 aromatic carbocycles. The monoisotopic (exact) mass is 1090 g/mol. The van der Waals surface area contributed by atoms with Gasteiger partial charge in [-0.25, -0.2) is 0 Å². The van der Waals surface area contributed by atoms with Crippen molar-refractivity contribution in [2.24, 2.45) is 17.8 Å². The number of carbonyl (C=O) groups is 2. The van der Waals surface area contributed by atoms with Gasteiger partial charge >= 0.3 is 11.9 Å². The van der Waals surface area contributed by atoms with E-state index in [1.54, 1.807) is 86.8 Å². The standard InChI is InChI=1S/C53H83NO22/c1-29-17-15-13-11-9-7-5-6-8-10-12-14-16-18-36(75-51-48(66)44(46(64)32(4)74-51)54-28-53(71)49(67)47(65)40(61)27-72-53)24-41-43(50(68)69)39(60)26-52(70,76-41)25-35(57)22-38(59)37(58)20-19-33(55)21-34(56)23-42(62)73-31(3)30(2)45(29)63/h5-18,29-41,43-49,51,54-61,63-67,70-71H,19-28H2,1-4H3,(H,68,69)/b6-5+,9-7+,10-8+,13-11+,14-12+,17-15+,18-16+/t29-,30-,31-,32+,33+,34+,35-,36-,37+,38+,39-,40+,41-,43+,44-,45+,46+,47-,48-,49+,51-,52+,53?/m0/s1. The highest BCUT2D eigenvalue weighted by Gasteiger charge is 2.53. The molecule has 0 radical (unpaired) electrons. The summed E-state index contributed by atoms with van der Waals surface area (Å²) in [4.78, 5) is 25.4. The van der Waals surface area contributed by atoms with Crippen LogP contribution in [0.4, 0.5) is 0 Å². The molecule has 3 saturated heterocycles. The number of cyclic esters (lactones) is 1. The fourth-order valence-electron chi connectivity index (χ4n) is 9.49. The number of esters is 1. The van der Waals surface area contributed by atoms with Crippen molar-refractivity contribution in [3.8, 4) is 0 Å². The second-order valence-corrected chi connectivity index (χ2v) is 20.6. The molecule has 4 aliphatic heterocycles. The van der Waals surface area contributed by atoms with Crippen LogP contribution >= 0.6 is 0 Å². The molecule has 0 aliphatic carbocycles. The molecule has 0 saturated carbocycles. The van der Waals surface area contributed by atoms with Gasteiger partial charge in [-0.05, 0) is 33.1 Å². The van der Waals surface area contributed by atoms with Gasteiger partial charge in [-0.3, -0.25) is 9.59 Å². The Morgan fingerprint density at radius 2 is 1.24 bits per heavy atom. The van der Waals surface area contributed by atoms with E-state index in [4.69, 9.17) is 23.7 Å². The number of hydrogen-bond acceptors (Lipinski definition) is 22. The number of ether oxygens (including phenoxy) is 5. The highest BCUT2D eigenvalue weighted by atomic mass is 16.7. The van der Waals surface area contributed by atoms with Crippen molar-refractivity contribution >= 4 is 11.9 Å². The van der Waals surface area contributed by atoms with Crippen LogP contribution in [0.25, 0.3) is 0 Å². The Bertz CT molecular complexity index is 2000. The molecular weight excluding hydrogens is 1000 g/mol. The predicted molar refractivity (Wildman–Crippen MR) is 270 cm³/mol. The summed E-state index contributed by atoms with van der Waals surface area (Å²) in [6.07, 6.45) is -4.47. The van der Waals surface area contributed by atoms with Gasteiger partial charge in [0.2, 0.25) is 5.79 Å². The highest BCUT2D eigenvalue weighted by Crippen LogP contribution is 2.38. The van der Waals surface area contributed by atoms with E-state index in [1.807, 2.05) is 6.92 Å². The van der Waals surface area contributed by atoms with Crippen molar-refractivity contribution in [2.75, 3.05) is 13.2 Å². The Balaban J connectivity index is 1.59. The fourth-order valence-corrected chi connectivity index (χ4v) is 9.49. The van der Waals surface area contributed by atoms with Crippen LogP contribution in [0.15, 0.2) is 85.1 Å². The second kappa shape index (κ2) is 30.6. The molecule has 23 atom stereocenters. The lowest BCUT2D eigenvalue weighted by atomic mass is 9.82. The number of nitrogens with one attached hydrogen (secondary N) is 1. The Labute approximate surface area is 442 Å². The molecule has 2 bridgehead atoms. The summed E-state index contributed by atoms with van der Waals surface area (Å²) in [5, 5.41) is 165. The maximum absolute atomic E-state index is 12.7. The smallest absolute Gasteiger partial charge is 0.311 e. The third-order valence-electron chi connectivity index (χ3n) is 14.2. The van der Waals surface area contributed by atoms with Crippen molar-refractivity contribution < 1.29 is 110 Å². The zero-order chi connectivity index (χ0) is 56.5. The van der Waals surface area contributed by atoms with Crippen molar-refractivity contribution in [3.05, 3.63) is 85.1 Å². The van der Waals surface area contributed by atoms with Crippen LogP contribution in [0.5, 0.6) is 0 Å². The number of aliphatic hydroxyl groups is 14. The minimum absolute atomic E-state index is 0.144. The molecule has 23 nitrogen and oxygen atoms in total.